The van der Waals surface area contributed by atoms with Gasteiger partial charge in [-0.15, -0.1) is 0 Å². The first-order chi connectivity index (χ1) is 15.5. The van der Waals surface area contributed by atoms with Crippen LogP contribution in [0.4, 0.5) is 10.3 Å². The predicted octanol–water partition coefficient (Wildman–Crippen LogP) is 2.96. The number of carbonyl (C=O) groups is 1. The van der Waals surface area contributed by atoms with E-state index in [9.17, 15) is 9.18 Å². The standard InChI is InChI=1S/C23H27FN6O2/c1-28(2)23-25-13-18(16-7-8-20(32-3)19(24)12-16)22(27-23)17-6-4-10-29(14-17)21(31)15-30-11-5-9-26-30/h5,7-9,11-13,17H,4,6,10,14-15H2,1-3H3/t17-/m1/s1. The largest absolute Gasteiger partial charge is 0.494 e. The number of anilines is 1. The van der Waals surface area contributed by atoms with E-state index >= 15 is 0 Å². The van der Waals surface area contributed by atoms with Crippen LogP contribution in [0, 0.1) is 5.82 Å². The number of ether oxygens (including phenoxy) is 1. The molecule has 4 rings (SSSR count). The van der Waals surface area contributed by atoms with Crippen LogP contribution in [0.15, 0.2) is 42.9 Å². The van der Waals surface area contributed by atoms with Crippen molar-refractivity contribution < 1.29 is 13.9 Å². The Balaban J connectivity index is 1.65. The number of carbonyl (C=O) groups excluding carboxylic acids is 1. The van der Waals surface area contributed by atoms with Gasteiger partial charge in [0.15, 0.2) is 11.6 Å². The van der Waals surface area contributed by atoms with Crippen molar-refractivity contribution in [1.29, 1.82) is 0 Å². The Morgan fingerprint density at radius 1 is 1.34 bits per heavy atom. The fourth-order valence-electron chi connectivity index (χ4n) is 4.03. The Kier molecular flexibility index (Phi) is 6.34. The number of benzene rings is 1. The maximum atomic E-state index is 14.4. The third-order valence-corrected chi connectivity index (χ3v) is 5.69. The van der Waals surface area contributed by atoms with Gasteiger partial charge in [0.2, 0.25) is 11.9 Å². The van der Waals surface area contributed by atoms with E-state index in [0.717, 1.165) is 24.1 Å². The summed E-state index contributed by atoms with van der Waals surface area (Å²) in [6.45, 7) is 1.47. The molecule has 32 heavy (non-hydrogen) atoms. The molecule has 2 aromatic heterocycles. The Bertz CT molecular complexity index is 1090. The Hall–Kier alpha value is -3.49. The number of nitrogens with zero attached hydrogens (tertiary/aromatic N) is 6. The molecule has 0 spiro atoms. The molecule has 1 aliphatic heterocycles. The first kappa shape index (κ1) is 21.7. The minimum Gasteiger partial charge on any atom is -0.494 e. The number of hydrogen-bond acceptors (Lipinski definition) is 6. The van der Waals surface area contributed by atoms with Crippen LogP contribution in [0.2, 0.25) is 0 Å². The predicted molar refractivity (Wildman–Crippen MR) is 119 cm³/mol. The Morgan fingerprint density at radius 3 is 2.88 bits per heavy atom. The van der Waals surface area contributed by atoms with Crippen molar-refractivity contribution in [2.45, 2.75) is 25.3 Å². The molecule has 1 fully saturated rings. The van der Waals surface area contributed by atoms with E-state index < -0.39 is 5.82 Å². The highest BCUT2D eigenvalue weighted by Gasteiger charge is 2.28. The molecule has 9 heteroatoms. The van der Waals surface area contributed by atoms with Crippen LogP contribution in [-0.4, -0.2) is 64.9 Å². The van der Waals surface area contributed by atoms with Gasteiger partial charge in [0.1, 0.15) is 6.54 Å². The van der Waals surface area contributed by atoms with Crippen molar-refractivity contribution in [1.82, 2.24) is 24.6 Å². The van der Waals surface area contributed by atoms with Crippen LogP contribution in [0.5, 0.6) is 5.75 Å². The normalized spacial score (nSPS) is 16.1. The van der Waals surface area contributed by atoms with Crippen LogP contribution >= 0.6 is 0 Å². The van der Waals surface area contributed by atoms with Gasteiger partial charge in [-0.2, -0.15) is 5.10 Å². The van der Waals surface area contributed by atoms with Gasteiger partial charge in [-0.1, -0.05) is 6.07 Å². The van der Waals surface area contributed by atoms with Crippen molar-refractivity contribution in [2.75, 3.05) is 39.2 Å². The molecule has 3 heterocycles. The van der Waals surface area contributed by atoms with Gasteiger partial charge in [-0.05, 0) is 36.6 Å². The average Bonchev–Trinajstić information content (AvgIpc) is 3.31. The van der Waals surface area contributed by atoms with Gasteiger partial charge < -0.3 is 14.5 Å². The molecule has 0 bridgehead atoms. The lowest BCUT2D eigenvalue weighted by molar-refractivity contribution is -0.133. The average molecular weight is 439 g/mol. The monoisotopic (exact) mass is 438 g/mol. The SMILES string of the molecule is COc1ccc(-c2cnc(N(C)C)nc2[C@@H]2CCCN(C(=O)Cn3cccn3)C2)cc1F. The molecule has 0 N–H and O–H groups in total. The van der Waals surface area contributed by atoms with Gasteiger partial charge in [0, 0.05) is 57.3 Å². The van der Waals surface area contributed by atoms with Crippen LogP contribution < -0.4 is 9.64 Å². The minimum atomic E-state index is -0.438. The quantitative estimate of drug-likeness (QED) is 0.589. The number of methoxy groups -OCH3 is 1. The molecule has 3 aromatic rings. The molecule has 8 nitrogen and oxygen atoms in total. The van der Waals surface area contributed by atoms with E-state index in [-0.39, 0.29) is 24.1 Å². The lowest BCUT2D eigenvalue weighted by Gasteiger charge is -2.33. The number of amides is 1. The lowest BCUT2D eigenvalue weighted by Crippen LogP contribution is -2.41. The van der Waals surface area contributed by atoms with Crippen LogP contribution in [0.3, 0.4) is 0 Å². The molecule has 1 aliphatic rings. The third-order valence-electron chi connectivity index (χ3n) is 5.69. The van der Waals surface area contributed by atoms with Crippen molar-refractivity contribution in [3.63, 3.8) is 0 Å². The smallest absolute Gasteiger partial charge is 0.244 e. The van der Waals surface area contributed by atoms with Gasteiger partial charge >= 0.3 is 0 Å². The fourth-order valence-corrected chi connectivity index (χ4v) is 4.03. The maximum absolute atomic E-state index is 14.4. The first-order valence-corrected chi connectivity index (χ1v) is 10.6. The summed E-state index contributed by atoms with van der Waals surface area (Å²) in [7, 11) is 5.20. The highest BCUT2D eigenvalue weighted by atomic mass is 19.1. The highest BCUT2D eigenvalue weighted by Crippen LogP contribution is 2.35. The zero-order chi connectivity index (χ0) is 22.7. The summed E-state index contributed by atoms with van der Waals surface area (Å²) in [4.78, 5) is 25.8. The summed E-state index contributed by atoms with van der Waals surface area (Å²) in [6, 6.07) is 6.66. The maximum Gasteiger partial charge on any atom is 0.244 e. The van der Waals surface area contributed by atoms with Gasteiger partial charge in [-0.25, -0.2) is 14.4 Å². The summed E-state index contributed by atoms with van der Waals surface area (Å²) in [5.74, 6) is 0.378. The molecule has 1 saturated heterocycles. The van der Waals surface area contributed by atoms with Gasteiger partial charge in [0.05, 0.1) is 12.8 Å². The molecule has 0 radical (unpaired) electrons. The van der Waals surface area contributed by atoms with Crippen LogP contribution in [0.25, 0.3) is 11.1 Å². The molecule has 1 atom stereocenters. The molecular formula is C23H27FN6O2. The molecular weight excluding hydrogens is 411 g/mol. The summed E-state index contributed by atoms with van der Waals surface area (Å²) >= 11 is 0. The molecule has 1 amide bonds. The zero-order valence-electron chi connectivity index (χ0n) is 18.5. The summed E-state index contributed by atoms with van der Waals surface area (Å²) in [6.07, 6.45) is 6.94. The van der Waals surface area contributed by atoms with E-state index in [1.165, 1.54) is 13.2 Å². The Morgan fingerprint density at radius 2 is 2.19 bits per heavy atom. The first-order valence-electron chi connectivity index (χ1n) is 10.6. The lowest BCUT2D eigenvalue weighted by atomic mass is 9.89. The zero-order valence-corrected chi connectivity index (χ0v) is 18.5. The van der Waals surface area contributed by atoms with Crippen LogP contribution in [0.1, 0.15) is 24.5 Å². The van der Waals surface area contributed by atoms with E-state index in [0.29, 0.717) is 24.6 Å². The van der Waals surface area contributed by atoms with Gasteiger partial charge in [0.25, 0.3) is 0 Å². The molecule has 0 saturated carbocycles. The van der Waals surface area contributed by atoms with Crippen LogP contribution in [-0.2, 0) is 11.3 Å². The van der Waals surface area contributed by atoms with Gasteiger partial charge in [-0.3, -0.25) is 9.48 Å². The number of rotatable bonds is 6. The summed E-state index contributed by atoms with van der Waals surface area (Å²) in [5.41, 5.74) is 2.27. The molecule has 0 aliphatic carbocycles. The number of hydrogen-bond donors (Lipinski definition) is 0. The Labute approximate surface area is 186 Å². The number of aromatic nitrogens is 4. The topological polar surface area (TPSA) is 76.4 Å². The summed E-state index contributed by atoms with van der Waals surface area (Å²) < 4.78 is 21.1. The van der Waals surface area contributed by atoms with Crippen molar-refractivity contribution in [3.05, 3.63) is 54.4 Å². The fraction of sp³-hybridized carbons (Fsp3) is 0.391. The number of likely N-dealkylation sites (tertiary alicyclic amines) is 1. The van der Waals surface area contributed by atoms with E-state index in [1.54, 1.807) is 35.4 Å². The molecule has 0 unspecified atom stereocenters. The number of halogens is 1. The van der Waals surface area contributed by atoms with Crippen molar-refractivity contribution in [3.8, 4) is 16.9 Å². The second-order valence-electron chi connectivity index (χ2n) is 8.10. The second kappa shape index (κ2) is 9.33. The minimum absolute atomic E-state index is 0.0205. The third kappa shape index (κ3) is 4.56. The molecule has 1 aromatic carbocycles. The highest BCUT2D eigenvalue weighted by molar-refractivity contribution is 5.76. The molecule has 168 valence electrons. The second-order valence-corrected chi connectivity index (χ2v) is 8.10. The van der Waals surface area contributed by atoms with E-state index in [1.807, 2.05) is 30.0 Å². The summed E-state index contributed by atoms with van der Waals surface area (Å²) in [5, 5.41) is 4.13. The van der Waals surface area contributed by atoms with E-state index in [2.05, 4.69) is 10.1 Å². The number of piperidine rings is 1. The van der Waals surface area contributed by atoms with Crippen molar-refractivity contribution in [2.24, 2.45) is 0 Å². The van der Waals surface area contributed by atoms with Crippen molar-refractivity contribution >= 4 is 11.9 Å². The van der Waals surface area contributed by atoms with E-state index in [4.69, 9.17) is 9.72 Å².